The summed E-state index contributed by atoms with van der Waals surface area (Å²) in [6.07, 6.45) is -5.42. The number of carbonyl (C=O) groups is 1. The van der Waals surface area contributed by atoms with Gasteiger partial charge in [0.15, 0.2) is 0 Å². The number of alkyl halides is 3. The van der Waals surface area contributed by atoms with Crippen LogP contribution in [0.2, 0.25) is 0 Å². The normalized spacial score (nSPS) is 11.1. The van der Waals surface area contributed by atoms with Gasteiger partial charge in [0.05, 0.1) is 6.61 Å². The van der Waals surface area contributed by atoms with Gasteiger partial charge in [0.25, 0.3) is 0 Å². The van der Waals surface area contributed by atoms with Gasteiger partial charge in [-0.25, -0.2) is 0 Å². The molecule has 0 atom stereocenters. The smallest absolute Gasteiger partial charge is 0.450 e. The fourth-order valence-electron chi connectivity index (χ4n) is 0.920. The molecule has 0 aliphatic carbocycles. The highest BCUT2D eigenvalue weighted by molar-refractivity contribution is 5.84. The van der Waals surface area contributed by atoms with Crippen molar-refractivity contribution < 1.29 is 22.7 Å². The summed E-state index contributed by atoms with van der Waals surface area (Å²) in [6, 6.07) is 8.37. The van der Waals surface area contributed by atoms with Crippen molar-refractivity contribution in [3.05, 3.63) is 30.3 Å². The van der Waals surface area contributed by atoms with E-state index >= 15 is 0 Å². The minimum absolute atomic E-state index is 0.262. The van der Waals surface area contributed by atoms with E-state index in [4.69, 9.17) is 4.74 Å². The van der Waals surface area contributed by atoms with Crippen molar-refractivity contribution in [3.63, 3.8) is 0 Å². The standard InChI is InChI=1S/C10H9F3O2/c11-10(12,13)9(14)6-7-15-8-4-2-1-3-5-8/h1-5H,6-7H2. The first-order valence-corrected chi connectivity index (χ1v) is 4.28. The lowest BCUT2D eigenvalue weighted by atomic mass is 10.3. The molecular formula is C10H9F3O2. The zero-order chi connectivity index (χ0) is 11.3. The molecule has 0 N–H and O–H groups in total. The number of halogens is 3. The van der Waals surface area contributed by atoms with E-state index in [1.807, 2.05) is 0 Å². The predicted molar refractivity (Wildman–Crippen MR) is 47.6 cm³/mol. The first kappa shape index (κ1) is 11.6. The molecule has 0 aliphatic rings. The van der Waals surface area contributed by atoms with E-state index in [1.165, 1.54) is 0 Å². The molecule has 0 radical (unpaired) electrons. The molecule has 0 saturated heterocycles. The van der Waals surface area contributed by atoms with Gasteiger partial charge >= 0.3 is 6.18 Å². The molecule has 82 valence electrons. The van der Waals surface area contributed by atoms with E-state index < -0.39 is 18.4 Å². The summed E-state index contributed by atoms with van der Waals surface area (Å²) in [7, 11) is 0. The predicted octanol–water partition coefficient (Wildman–Crippen LogP) is 2.59. The van der Waals surface area contributed by atoms with Crippen LogP contribution in [0.5, 0.6) is 5.75 Å². The Hall–Kier alpha value is -1.52. The maximum absolute atomic E-state index is 11.8. The second kappa shape index (κ2) is 4.82. The summed E-state index contributed by atoms with van der Waals surface area (Å²) in [6.45, 7) is -0.262. The summed E-state index contributed by atoms with van der Waals surface area (Å²) in [5.74, 6) is -1.31. The van der Waals surface area contributed by atoms with Crippen molar-refractivity contribution in [2.75, 3.05) is 6.61 Å². The molecule has 0 heterocycles. The Morgan fingerprint density at radius 3 is 2.33 bits per heavy atom. The Morgan fingerprint density at radius 2 is 1.80 bits per heavy atom. The summed E-state index contributed by atoms with van der Waals surface area (Å²) in [5, 5.41) is 0. The molecule has 1 aromatic rings. The number of benzene rings is 1. The average Bonchev–Trinajstić information content (AvgIpc) is 2.18. The van der Waals surface area contributed by atoms with Crippen LogP contribution in [0.1, 0.15) is 6.42 Å². The van der Waals surface area contributed by atoms with Crippen LogP contribution in [0, 0.1) is 0 Å². The fourth-order valence-corrected chi connectivity index (χ4v) is 0.920. The van der Waals surface area contributed by atoms with Gasteiger partial charge in [-0.3, -0.25) is 4.79 Å². The third-order valence-corrected chi connectivity index (χ3v) is 1.66. The highest BCUT2D eigenvalue weighted by Crippen LogP contribution is 2.18. The second-order valence-electron chi connectivity index (χ2n) is 2.83. The van der Waals surface area contributed by atoms with Gasteiger partial charge in [-0.2, -0.15) is 13.2 Å². The molecule has 0 saturated carbocycles. The molecule has 0 bridgehead atoms. The van der Waals surface area contributed by atoms with Crippen molar-refractivity contribution in [1.82, 2.24) is 0 Å². The van der Waals surface area contributed by atoms with Crippen LogP contribution < -0.4 is 4.74 Å². The minimum atomic E-state index is -4.76. The molecule has 0 aromatic heterocycles. The lowest BCUT2D eigenvalue weighted by Crippen LogP contribution is -2.24. The number of hydrogen-bond acceptors (Lipinski definition) is 2. The number of para-hydroxylation sites is 1. The number of rotatable bonds is 4. The molecule has 0 spiro atoms. The highest BCUT2D eigenvalue weighted by atomic mass is 19.4. The molecule has 0 aliphatic heterocycles. The lowest BCUT2D eigenvalue weighted by molar-refractivity contribution is -0.171. The molecular weight excluding hydrogens is 209 g/mol. The minimum Gasteiger partial charge on any atom is -0.493 e. The quantitative estimate of drug-likeness (QED) is 0.776. The van der Waals surface area contributed by atoms with Crippen LogP contribution in [-0.4, -0.2) is 18.6 Å². The maximum atomic E-state index is 11.8. The summed E-state index contributed by atoms with van der Waals surface area (Å²) >= 11 is 0. The monoisotopic (exact) mass is 218 g/mol. The first-order chi connectivity index (χ1) is 7.00. The third kappa shape index (κ3) is 4.01. The van der Waals surface area contributed by atoms with Crippen LogP contribution in [0.3, 0.4) is 0 Å². The Balaban J connectivity index is 2.32. The van der Waals surface area contributed by atoms with Gasteiger partial charge in [-0.15, -0.1) is 0 Å². The SMILES string of the molecule is O=C(CCOc1ccccc1)C(F)(F)F. The molecule has 1 rings (SSSR count). The Labute approximate surface area is 84.7 Å². The highest BCUT2D eigenvalue weighted by Gasteiger charge is 2.37. The van der Waals surface area contributed by atoms with Crippen LogP contribution in [0.4, 0.5) is 13.2 Å². The fraction of sp³-hybridized carbons (Fsp3) is 0.300. The number of Topliss-reactive ketones (excluding diaryl/α,β-unsaturated/α-hetero) is 1. The average molecular weight is 218 g/mol. The molecule has 0 unspecified atom stereocenters. The van der Waals surface area contributed by atoms with Gasteiger partial charge < -0.3 is 4.74 Å². The van der Waals surface area contributed by atoms with E-state index in [2.05, 4.69) is 0 Å². The topological polar surface area (TPSA) is 26.3 Å². The van der Waals surface area contributed by atoms with Crippen molar-refractivity contribution in [2.24, 2.45) is 0 Å². The van der Waals surface area contributed by atoms with Gasteiger partial charge in [-0.05, 0) is 12.1 Å². The van der Waals surface area contributed by atoms with E-state index in [0.717, 1.165) is 0 Å². The first-order valence-electron chi connectivity index (χ1n) is 4.28. The Morgan fingerprint density at radius 1 is 1.20 bits per heavy atom. The van der Waals surface area contributed by atoms with Crippen molar-refractivity contribution in [1.29, 1.82) is 0 Å². The molecule has 0 fully saturated rings. The van der Waals surface area contributed by atoms with Crippen LogP contribution in [0.25, 0.3) is 0 Å². The van der Waals surface area contributed by atoms with Gasteiger partial charge in [-0.1, -0.05) is 18.2 Å². The van der Waals surface area contributed by atoms with E-state index in [1.54, 1.807) is 30.3 Å². The molecule has 0 amide bonds. The van der Waals surface area contributed by atoms with E-state index in [-0.39, 0.29) is 6.61 Å². The maximum Gasteiger partial charge on any atom is 0.450 e. The number of ether oxygens (including phenoxy) is 1. The Kier molecular flexibility index (Phi) is 3.71. The van der Waals surface area contributed by atoms with Crippen molar-refractivity contribution in [2.45, 2.75) is 12.6 Å². The largest absolute Gasteiger partial charge is 0.493 e. The summed E-state index contributed by atoms with van der Waals surface area (Å²) in [4.78, 5) is 10.4. The van der Waals surface area contributed by atoms with E-state index in [9.17, 15) is 18.0 Å². The Bertz CT molecular complexity index is 319. The molecule has 2 nitrogen and oxygen atoms in total. The van der Waals surface area contributed by atoms with Crippen LogP contribution >= 0.6 is 0 Å². The molecule has 1 aromatic carbocycles. The zero-order valence-electron chi connectivity index (χ0n) is 7.75. The van der Waals surface area contributed by atoms with Crippen LogP contribution in [0.15, 0.2) is 30.3 Å². The van der Waals surface area contributed by atoms with Gasteiger partial charge in [0.2, 0.25) is 5.78 Å². The number of carbonyl (C=O) groups excluding carboxylic acids is 1. The van der Waals surface area contributed by atoms with Gasteiger partial charge in [0.1, 0.15) is 5.75 Å². The molecule has 5 heteroatoms. The second-order valence-corrected chi connectivity index (χ2v) is 2.83. The zero-order valence-corrected chi connectivity index (χ0v) is 7.75. The molecule has 15 heavy (non-hydrogen) atoms. The number of hydrogen-bond donors (Lipinski definition) is 0. The summed E-state index contributed by atoms with van der Waals surface area (Å²) in [5.41, 5.74) is 0. The lowest BCUT2D eigenvalue weighted by Gasteiger charge is -2.06. The third-order valence-electron chi connectivity index (χ3n) is 1.66. The number of ketones is 1. The van der Waals surface area contributed by atoms with Crippen LogP contribution in [-0.2, 0) is 4.79 Å². The van der Waals surface area contributed by atoms with Crippen molar-refractivity contribution in [3.8, 4) is 5.75 Å². The van der Waals surface area contributed by atoms with Gasteiger partial charge in [0, 0.05) is 6.42 Å². The van der Waals surface area contributed by atoms with Crippen molar-refractivity contribution >= 4 is 5.78 Å². The van der Waals surface area contributed by atoms with E-state index in [0.29, 0.717) is 5.75 Å². The summed E-state index contributed by atoms with van der Waals surface area (Å²) < 4.78 is 40.3.